The van der Waals surface area contributed by atoms with Gasteiger partial charge in [-0.15, -0.1) is 0 Å². The summed E-state index contributed by atoms with van der Waals surface area (Å²) in [4.78, 5) is 10.5. The maximum atomic E-state index is 13.4. The van der Waals surface area contributed by atoms with Gasteiger partial charge in [0.1, 0.15) is 11.5 Å². The van der Waals surface area contributed by atoms with E-state index < -0.39 is 10.7 Å². The van der Waals surface area contributed by atoms with Crippen LogP contribution >= 0.6 is 0 Å². The second-order valence-corrected chi connectivity index (χ2v) is 5.21. The van der Waals surface area contributed by atoms with Gasteiger partial charge in [0.25, 0.3) is 5.69 Å². The predicted molar refractivity (Wildman–Crippen MR) is 72.9 cm³/mol. The Morgan fingerprint density at radius 2 is 1.89 bits per heavy atom. The van der Waals surface area contributed by atoms with Gasteiger partial charge in [0.05, 0.1) is 11.0 Å². The zero-order chi connectivity index (χ0) is 13.8. The highest BCUT2D eigenvalue weighted by atomic mass is 19.1. The normalized spacial score (nSPS) is 16.9. The van der Waals surface area contributed by atoms with Gasteiger partial charge in [-0.25, -0.2) is 4.39 Å². The zero-order valence-corrected chi connectivity index (χ0v) is 11.1. The standard InChI is InChI=1S/C14H19FN2O2/c1-10-8-13(14(17(18)19)9-12(10)15)16-11-6-4-2-3-5-7-11/h8-9,11,16H,2-7H2,1H3. The smallest absolute Gasteiger partial charge is 0.295 e. The Balaban J connectivity index is 2.22. The van der Waals surface area contributed by atoms with Gasteiger partial charge in [-0.05, 0) is 31.4 Å². The molecule has 0 spiro atoms. The van der Waals surface area contributed by atoms with E-state index >= 15 is 0 Å². The van der Waals surface area contributed by atoms with Gasteiger partial charge < -0.3 is 5.32 Å². The van der Waals surface area contributed by atoms with E-state index in [9.17, 15) is 14.5 Å². The Bertz CT molecular complexity index is 469. The summed E-state index contributed by atoms with van der Waals surface area (Å²) >= 11 is 0. The van der Waals surface area contributed by atoms with Crippen LogP contribution in [-0.4, -0.2) is 11.0 Å². The van der Waals surface area contributed by atoms with Crippen LogP contribution in [0.4, 0.5) is 15.8 Å². The number of benzene rings is 1. The summed E-state index contributed by atoms with van der Waals surface area (Å²) in [5, 5.41) is 14.2. The first-order chi connectivity index (χ1) is 9.08. The van der Waals surface area contributed by atoms with Crippen LogP contribution in [0, 0.1) is 22.9 Å². The fourth-order valence-corrected chi connectivity index (χ4v) is 2.58. The Morgan fingerprint density at radius 3 is 2.47 bits per heavy atom. The molecule has 0 unspecified atom stereocenters. The van der Waals surface area contributed by atoms with Crippen molar-refractivity contribution in [3.05, 3.63) is 33.6 Å². The van der Waals surface area contributed by atoms with Crippen molar-refractivity contribution in [2.45, 2.75) is 51.5 Å². The molecule has 104 valence electrons. The average Bonchev–Trinajstić information content (AvgIpc) is 2.62. The summed E-state index contributed by atoms with van der Waals surface area (Å²) in [6.07, 6.45) is 6.78. The lowest BCUT2D eigenvalue weighted by Crippen LogP contribution is -2.19. The van der Waals surface area contributed by atoms with Crippen LogP contribution in [0.1, 0.15) is 44.1 Å². The number of rotatable bonds is 3. The largest absolute Gasteiger partial charge is 0.377 e. The Hall–Kier alpha value is -1.65. The van der Waals surface area contributed by atoms with Gasteiger partial charge in [0.2, 0.25) is 0 Å². The Morgan fingerprint density at radius 1 is 1.26 bits per heavy atom. The molecule has 1 fully saturated rings. The highest BCUT2D eigenvalue weighted by Crippen LogP contribution is 2.30. The molecule has 2 rings (SSSR count). The van der Waals surface area contributed by atoms with Gasteiger partial charge >= 0.3 is 0 Å². The lowest BCUT2D eigenvalue weighted by atomic mass is 10.1. The second-order valence-electron chi connectivity index (χ2n) is 5.21. The Kier molecular flexibility index (Phi) is 4.35. The summed E-state index contributed by atoms with van der Waals surface area (Å²) in [6, 6.07) is 2.80. The number of nitrogens with one attached hydrogen (secondary N) is 1. The number of halogens is 1. The molecule has 1 aliphatic carbocycles. The van der Waals surface area contributed by atoms with Crippen LogP contribution < -0.4 is 5.32 Å². The highest BCUT2D eigenvalue weighted by molar-refractivity contribution is 5.63. The SMILES string of the molecule is Cc1cc(NC2CCCCCC2)c([N+](=O)[O-])cc1F. The number of hydrogen-bond acceptors (Lipinski definition) is 3. The van der Waals surface area contributed by atoms with Crippen LogP contribution in [0.5, 0.6) is 0 Å². The summed E-state index contributed by atoms with van der Waals surface area (Å²) in [5.74, 6) is -0.530. The van der Waals surface area contributed by atoms with Crippen LogP contribution in [0.3, 0.4) is 0 Å². The van der Waals surface area contributed by atoms with Gasteiger partial charge in [0.15, 0.2) is 0 Å². The number of nitro groups is 1. The first-order valence-corrected chi connectivity index (χ1v) is 6.79. The van der Waals surface area contributed by atoms with Crippen LogP contribution in [0.25, 0.3) is 0 Å². The monoisotopic (exact) mass is 266 g/mol. The molecule has 0 aromatic heterocycles. The van der Waals surface area contributed by atoms with E-state index in [1.807, 2.05) is 0 Å². The van der Waals surface area contributed by atoms with Crippen molar-refractivity contribution >= 4 is 11.4 Å². The van der Waals surface area contributed by atoms with E-state index in [0.29, 0.717) is 11.3 Å². The average molecular weight is 266 g/mol. The summed E-state index contributed by atoms with van der Waals surface area (Å²) in [7, 11) is 0. The molecule has 19 heavy (non-hydrogen) atoms. The second kappa shape index (κ2) is 5.99. The van der Waals surface area contributed by atoms with Gasteiger partial charge in [-0.2, -0.15) is 0 Å². The van der Waals surface area contributed by atoms with Crippen LogP contribution in [-0.2, 0) is 0 Å². The molecule has 0 bridgehead atoms. The molecule has 0 aliphatic heterocycles. The molecule has 1 saturated carbocycles. The van der Waals surface area contributed by atoms with Crippen molar-refractivity contribution in [2.24, 2.45) is 0 Å². The van der Waals surface area contributed by atoms with E-state index in [1.54, 1.807) is 13.0 Å². The molecule has 0 radical (unpaired) electrons. The third-order valence-electron chi connectivity index (χ3n) is 3.69. The molecule has 1 aliphatic rings. The Labute approximate surface area is 112 Å². The number of hydrogen-bond donors (Lipinski definition) is 1. The third kappa shape index (κ3) is 3.43. The van der Waals surface area contributed by atoms with Crippen molar-refractivity contribution < 1.29 is 9.31 Å². The molecular weight excluding hydrogens is 247 g/mol. The van der Waals surface area contributed by atoms with E-state index in [2.05, 4.69) is 5.32 Å². The minimum Gasteiger partial charge on any atom is -0.377 e. The number of aryl methyl sites for hydroxylation is 1. The van der Waals surface area contributed by atoms with E-state index in [4.69, 9.17) is 0 Å². The maximum Gasteiger partial charge on any atom is 0.295 e. The van der Waals surface area contributed by atoms with E-state index in [-0.39, 0.29) is 11.7 Å². The summed E-state index contributed by atoms with van der Waals surface area (Å²) in [6.45, 7) is 1.62. The van der Waals surface area contributed by atoms with Gasteiger partial charge in [0, 0.05) is 6.04 Å². The molecule has 0 atom stereocenters. The summed E-state index contributed by atoms with van der Waals surface area (Å²) < 4.78 is 13.4. The van der Waals surface area contributed by atoms with E-state index in [1.165, 1.54) is 12.8 Å². The van der Waals surface area contributed by atoms with E-state index in [0.717, 1.165) is 31.7 Å². The molecule has 5 heteroatoms. The first kappa shape index (κ1) is 13.8. The number of nitro benzene ring substituents is 1. The van der Waals surface area contributed by atoms with Crippen LogP contribution in [0.2, 0.25) is 0 Å². The van der Waals surface area contributed by atoms with Gasteiger partial charge in [-0.1, -0.05) is 25.7 Å². The first-order valence-electron chi connectivity index (χ1n) is 6.79. The van der Waals surface area contributed by atoms with Crippen molar-refractivity contribution in [3.63, 3.8) is 0 Å². The minimum absolute atomic E-state index is 0.174. The lowest BCUT2D eigenvalue weighted by molar-refractivity contribution is -0.384. The molecule has 1 aromatic rings. The minimum atomic E-state index is -0.530. The maximum absolute atomic E-state index is 13.4. The van der Waals surface area contributed by atoms with Crippen LogP contribution in [0.15, 0.2) is 12.1 Å². The molecule has 0 saturated heterocycles. The molecular formula is C14H19FN2O2. The highest BCUT2D eigenvalue weighted by Gasteiger charge is 2.20. The fraction of sp³-hybridized carbons (Fsp3) is 0.571. The van der Waals surface area contributed by atoms with Crippen molar-refractivity contribution in [2.75, 3.05) is 5.32 Å². The molecule has 0 heterocycles. The molecule has 4 nitrogen and oxygen atoms in total. The topological polar surface area (TPSA) is 55.2 Å². The summed E-state index contributed by atoms with van der Waals surface area (Å²) in [5.41, 5.74) is 0.699. The number of nitrogens with zero attached hydrogens (tertiary/aromatic N) is 1. The molecule has 1 N–H and O–H groups in total. The third-order valence-corrected chi connectivity index (χ3v) is 3.69. The number of anilines is 1. The molecule has 1 aromatic carbocycles. The zero-order valence-electron chi connectivity index (χ0n) is 11.1. The van der Waals surface area contributed by atoms with Crippen molar-refractivity contribution in [3.8, 4) is 0 Å². The van der Waals surface area contributed by atoms with Crippen molar-refractivity contribution in [1.29, 1.82) is 0 Å². The fourth-order valence-electron chi connectivity index (χ4n) is 2.58. The van der Waals surface area contributed by atoms with Gasteiger partial charge in [-0.3, -0.25) is 10.1 Å². The molecule has 0 amide bonds. The van der Waals surface area contributed by atoms with Crippen molar-refractivity contribution in [1.82, 2.24) is 0 Å². The lowest BCUT2D eigenvalue weighted by Gasteiger charge is -2.18. The predicted octanol–water partition coefficient (Wildman–Crippen LogP) is 4.18. The quantitative estimate of drug-likeness (QED) is 0.507.